The van der Waals surface area contributed by atoms with Crippen LogP contribution in [0.1, 0.15) is 63.3 Å². The van der Waals surface area contributed by atoms with Gasteiger partial charge in [-0.05, 0) is 54.8 Å². The van der Waals surface area contributed by atoms with Gasteiger partial charge in [-0.25, -0.2) is 0 Å². The minimum absolute atomic E-state index is 0.0559. The zero-order valence-electron chi connectivity index (χ0n) is 19.9. The van der Waals surface area contributed by atoms with E-state index < -0.39 is 0 Å². The van der Waals surface area contributed by atoms with Crippen molar-refractivity contribution in [1.29, 1.82) is 0 Å². The third-order valence-corrected chi connectivity index (χ3v) is 6.63. The highest BCUT2D eigenvalue weighted by Crippen LogP contribution is 2.42. The van der Waals surface area contributed by atoms with Crippen molar-refractivity contribution in [1.82, 2.24) is 9.47 Å². The number of amides is 2. The van der Waals surface area contributed by atoms with E-state index in [1.54, 1.807) is 4.90 Å². The standard InChI is InChI=1S/C28H32ClN3O2/c1-3-5-13-26(33)30(18-6-4-2)20-27(34)32-24-11-8-7-10-23(24)31-19-9-12-25(31)28(32)21-14-16-22(29)17-15-21/h7-12,14-17,19,28H,3-6,13,18,20H2,1-2H3. The highest BCUT2D eigenvalue weighted by Gasteiger charge is 2.36. The van der Waals surface area contributed by atoms with Crippen LogP contribution >= 0.6 is 11.6 Å². The molecular formula is C28H32ClN3O2. The molecule has 2 heterocycles. The normalized spacial score (nSPS) is 14.4. The highest BCUT2D eigenvalue weighted by atomic mass is 35.5. The second-order valence-corrected chi connectivity index (χ2v) is 9.22. The molecule has 0 saturated heterocycles. The number of hydrogen-bond acceptors (Lipinski definition) is 2. The van der Waals surface area contributed by atoms with Crippen molar-refractivity contribution in [3.63, 3.8) is 0 Å². The molecule has 5 nitrogen and oxygen atoms in total. The van der Waals surface area contributed by atoms with E-state index in [1.165, 1.54) is 0 Å². The summed E-state index contributed by atoms with van der Waals surface area (Å²) in [6.07, 6.45) is 6.15. The number of fused-ring (bicyclic) bond motifs is 3. The summed E-state index contributed by atoms with van der Waals surface area (Å²) in [6.45, 7) is 4.84. The second kappa shape index (κ2) is 10.9. The zero-order chi connectivity index (χ0) is 24.1. The molecule has 1 aromatic heterocycles. The lowest BCUT2D eigenvalue weighted by atomic mass is 9.97. The number of para-hydroxylation sites is 2. The number of unbranched alkanes of at least 4 members (excludes halogenated alkanes) is 2. The molecule has 0 bridgehead atoms. The van der Waals surface area contributed by atoms with Crippen LogP contribution in [-0.4, -0.2) is 34.4 Å². The van der Waals surface area contributed by atoms with Gasteiger partial charge in [0, 0.05) is 24.2 Å². The number of carbonyl (C=O) groups excluding carboxylic acids is 2. The third kappa shape index (κ3) is 4.90. The van der Waals surface area contributed by atoms with Crippen molar-refractivity contribution in [2.24, 2.45) is 0 Å². The van der Waals surface area contributed by atoms with E-state index in [4.69, 9.17) is 11.6 Å². The Morgan fingerprint density at radius 2 is 1.62 bits per heavy atom. The number of anilines is 1. The van der Waals surface area contributed by atoms with Crippen molar-refractivity contribution in [2.75, 3.05) is 18.0 Å². The predicted octanol–water partition coefficient (Wildman–Crippen LogP) is 6.39. The molecule has 3 aromatic rings. The largest absolute Gasteiger partial charge is 0.333 e. The first-order valence-corrected chi connectivity index (χ1v) is 12.5. The Morgan fingerprint density at radius 1 is 0.912 bits per heavy atom. The maximum atomic E-state index is 14.0. The van der Waals surface area contributed by atoms with Crippen LogP contribution < -0.4 is 4.90 Å². The molecule has 0 fully saturated rings. The summed E-state index contributed by atoms with van der Waals surface area (Å²) in [7, 11) is 0. The molecule has 1 aliphatic heterocycles. The summed E-state index contributed by atoms with van der Waals surface area (Å²) in [6, 6.07) is 19.3. The van der Waals surface area contributed by atoms with Crippen molar-refractivity contribution in [3.8, 4) is 5.69 Å². The fourth-order valence-corrected chi connectivity index (χ4v) is 4.71. The van der Waals surface area contributed by atoms with Gasteiger partial charge >= 0.3 is 0 Å². The molecular weight excluding hydrogens is 446 g/mol. The molecule has 4 rings (SSSR count). The first-order valence-electron chi connectivity index (χ1n) is 12.2. The Morgan fingerprint density at radius 3 is 2.32 bits per heavy atom. The number of rotatable bonds is 9. The van der Waals surface area contributed by atoms with Gasteiger partial charge in [0.05, 0.1) is 17.1 Å². The van der Waals surface area contributed by atoms with E-state index in [1.807, 2.05) is 65.7 Å². The lowest BCUT2D eigenvalue weighted by Crippen LogP contribution is -2.47. The monoisotopic (exact) mass is 477 g/mol. The van der Waals surface area contributed by atoms with Crippen molar-refractivity contribution in [3.05, 3.63) is 83.1 Å². The van der Waals surface area contributed by atoms with Gasteiger partial charge in [-0.2, -0.15) is 0 Å². The Kier molecular flexibility index (Phi) is 7.73. The SMILES string of the molecule is CCCCC(=O)N(CCCC)CC(=O)N1c2ccccc2-n2cccc2C1c1ccc(Cl)cc1. The average Bonchev–Trinajstić information content (AvgIpc) is 3.34. The topological polar surface area (TPSA) is 45.6 Å². The molecule has 34 heavy (non-hydrogen) atoms. The van der Waals surface area contributed by atoms with Crippen LogP contribution in [0.15, 0.2) is 66.9 Å². The molecule has 0 saturated carbocycles. The molecule has 0 radical (unpaired) electrons. The number of aromatic nitrogens is 1. The van der Waals surface area contributed by atoms with E-state index in [2.05, 4.69) is 24.5 Å². The molecule has 2 amide bonds. The second-order valence-electron chi connectivity index (χ2n) is 8.78. The summed E-state index contributed by atoms with van der Waals surface area (Å²) >= 11 is 6.17. The fraction of sp³-hybridized carbons (Fsp3) is 0.357. The van der Waals surface area contributed by atoms with Crippen molar-refractivity contribution >= 4 is 29.1 Å². The fourth-order valence-electron chi connectivity index (χ4n) is 4.59. The minimum Gasteiger partial charge on any atom is -0.333 e. The van der Waals surface area contributed by atoms with E-state index in [0.29, 0.717) is 18.0 Å². The Labute approximate surface area is 206 Å². The van der Waals surface area contributed by atoms with Crippen LogP contribution in [0.25, 0.3) is 5.69 Å². The van der Waals surface area contributed by atoms with Gasteiger partial charge in [0.2, 0.25) is 11.8 Å². The van der Waals surface area contributed by atoms with Crippen molar-refractivity contribution in [2.45, 2.75) is 52.0 Å². The number of nitrogens with zero attached hydrogens (tertiary/aromatic N) is 3. The summed E-state index contributed by atoms with van der Waals surface area (Å²) in [5.41, 5.74) is 3.78. The maximum absolute atomic E-state index is 14.0. The van der Waals surface area contributed by atoms with Gasteiger partial charge in [0.1, 0.15) is 12.6 Å². The van der Waals surface area contributed by atoms with Gasteiger partial charge in [-0.1, -0.05) is 62.6 Å². The lowest BCUT2D eigenvalue weighted by molar-refractivity contribution is -0.135. The van der Waals surface area contributed by atoms with Gasteiger partial charge in [0.25, 0.3) is 0 Å². The van der Waals surface area contributed by atoms with Gasteiger partial charge in [-0.3, -0.25) is 14.5 Å². The minimum atomic E-state index is -0.312. The van der Waals surface area contributed by atoms with Crippen LogP contribution in [0.5, 0.6) is 0 Å². The highest BCUT2D eigenvalue weighted by molar-refractivity contribution is 6.30. The number of carbonyl (C=O) groups is 2. The maximum Gasteiger partial charge on any atom is 0.247 e. The first kappa shape index (κ1) is 24.1. The summed E-state index contributed by atoms with van der Waals surface area (Å²) in [5, 5.41) is 0.653. The molecule has 6 heteroatoms. The zero-order valence-corrected chi connectivity index (χ0v) is 20.7. The molecule has 0 aliphatic carbocycles. The average molecular weight is 478 g/mol. The van der Waals surface area contributed by atoms with Crippen LogP contribution in [0, 0.1) is 0 Å². The van der Waals surface area contributed by atoms with E-state index in [0.717, 1.165) is 48.3 Å². The number of benzene rings is 2. The van der Waals surface area contributed by atoms with Crippen LogP contribution in [0.4, 0.5) is 5.69 Å². The quantitative estimate of drug-likeness (QED) is 0.358. The number of halogens is 1. The van der Waals surface area contributed by atoms with E-state index in [-0.39, 0.29) is 24.4 Å². The summed E-state index contributed by atoms with van der Waals surface area (Å²) in [5.74, 6) is -0.0267. The lowest BCUT2D eigenvalue weighted by Gasteiger charge is -2.39. The smallest absolute Gasteiger partial charge is 0.247 e. The van der Waals surface area contributed by atoms with Gasteiger partial charge < -0.3 is 9.47 Å². The van der Waals surface area contributed by atoms with Gasteiger partial charge in [0.15, 0.2) is 0 Å². The predicted molar refractivity (Wildman–Crippen MR) is 138 cm³/mol. The van der Waals surface area contributed by atoms with E-state index in [9.17, 15) is 9.59 Å². The first-order chi connectivity index (χ1) is 16.5. The molecule has 1 atom stereocenters. The van der Waals surface area contributed by atoms with Crippen molar-refractivity contribution < 1.29 is 9.59 Å². The molecule has 1 aliphatic rings. The third-order valence-electron chi connectivity index (χ3n) is 6.38. The molecule has 2 aromatic carbocycles. The van der Waals surface area contributed by atoms with E-state index >= 15 is 0 Å². The Bertz CT molecular complexity index is 1140. The van der Waals surface area contributed by atoms with Crippen LogP contribution in [-0.2, 0) is 9.59 Å². The Balaban J connectivity index is 1.74. The molecule has 178 valence electrons. The van der Waals surface area contributed by atoms with Crippen LogP contribution in [0.2, 0.25) is 5.02 Å². The van der Waals surface area contributed by atoms with Gasteiger partial charge in [-0.15, -0.1) is 0 Å². The molecule has 0 N–H and O–H groups in total. The number of hydrogen-bond donors (Lipinski definition) is 0. The van der Waals surface area contributed by atoms with Crippen LogP contribution in [0.3, 0.4) is 0 Å². The Hall–Kier alpha value is -3.05. The molecule has 1 unspecified atom stereocenters. The molecule has 0 spiro atoms. The summed E-state index contributed by atoms with van der Waals surface area (Å²) < 4.78 is 2.14. The summed E-state index contributed by atoms with van der Waals surface area (Å²) in [4.78, 5) is 30.6.